The van der Waals surface area contributed by atoms with Crippen molar-refractivity contribution in [2.24, 2.45) is 0 Å². The number of fused-ring (bicyclic) bond motifs is 1. The lowest BCUT2D eigenvalue weighted by atomic mass is 10.0. The number of carbonyl (C=O) groups excluding carboxylic acids is 1. The Labute approximate surface area is 121 Å². The summed E-state index contributed by atoms with van der Waals surface area (Å²) < 4.78 is 12.6. The van der Waals surface area contributed by atoms with Crippen molar-refractivity contribution in [2.75, 3.05) is 14.2 Å². The number of carbonyl (C=O) groups is 1. The molecule has 3 rings (SSSR count). The molecule has 2 aromatic heterocycles. The van der Waals surface area contributed by atoms with Gasteiger partial charge < -0.3 is 13.9 Å². The maximum atomic E-state index is 11.0. The lowest BCUT2D eigenvalue weighted by Gasteiger charge is -2.11. The monoisotopic (exact) mass is 282 g/mol. The standard InChI is InChI=1S/C16H14N2O3/c1-20-14-4-3-11(10-19)7-13(14)12-8-15(21-2)16-17-5-6-18(16)9-12/h3-10H,1-2H3. The van der Waals surface area contributed by atoms with Gasteiger partial charge in [0.15, 0.2) is 11.4 Å². The van der Waals surface area contributed by atoms with Crippen LogP contribution < -0.4 is 9.47 Å². The third-order valence-electron chi connectivity index (χ3n) is 3.34. The van der Waals surface area contributed by atoms with Gasteiger partial charge in [0.05, 0.1) is 14.2 Å². The summed E-state index contributed by atoms with van der Waals surface area (Å²) in [5.41, 5.74) is 3.05. The zero-order valence-electron chi connectivity index (χ0n) is 11.7. The summed E-state index contributed by atoms with van der Waals surface area (Å²) >= 11 is 0. The molecule has 1 aromatic carbocycles. The van der Waals surface area contributed by atoms with E-state index < -0.39 is 0 Å². The Kier molecular flexibility index (Phi) is 3.31. The number of rotatable bonds is 4. The predicted octanol–water partition coefficient (Wildman–Crippen LogP) is 2.83. The molecule has 21 heavy (non-hydrogen) atoms. The number of pyridine rings is 1. The highest BCUT2D eigenvalue weighted by molar-refractivity contribution is 5.82. The van der Waals surface area contributed by atoms with E-state index in [1.165, 1.54) is 0 Å². The van der Waals surface area contributed by atoms with E-state index in [0.717, 1.165) is 23.1 Å². The minimum Gasteiger partial charge on any atom is -0.496 e. The van der Waals surface area contributed by atoms with E-state index >= 15 is 0 Å². The minimum absolute atomic E-state index is 0.593. The molecule has 0 spiro atoms. The lowest BCUT2D eigenvalue weighted by molar-refractivity contribution is 0.112. The molecule has 5 heteroatoms. The van der Waals surface area contributed by atoms with Crippen LogP contribution >= 0.6 is 0 Å². The first kappa shape index (κ1) is 13.2. The van der Waals surface area contributed by atoms with E-state index in [4.69, 9.17) is 9.47 Å². The van der Waals surface area contributed by atoms with E-state index in [9.17, 15) is 4.79 Å². The number of hydrogen-bond donors (Lipinski definition) is 0. The normalized spacial score (nSPS) is 10.6. The van der Waals surface area contributed by atoms with Gasteiger partial charge in [-0.25, -0.2) is 4.98 Å². The zero-order valence-corrected chi connectivity index (χ0v) is 11.7. The molecule has 106 valence electrons. The van der Waals surface area contributed by atoms with Crippen molar-refractivity contribution in [2.45, 2.75) is 0 Å². The molecule has 0 aliphatic heterocycles. The summed E-state index contributed by atoms with van der Waals surface area (Å²) in [7, 11) is 3.21. The minimum atomic E-state index is 0.593. The van der Waals surface area contributed by atoms with Crippen LogP contribution in [0.15, 0.2) is 42.9 Å². The number of nitrogens with zero attached hydrogens (tertiary/aromatic N) is 2. The van der Waals surface area contributed by atoms with E-state index in [2.05, 4.69) is 4.98 Å². The maximum Gasteiger partial charge on any atom is 0.179 e. The molecule has 0 amide bonds. The molecule has 0 radical (unpaired) electrons. The van der Waals surface area contributed by atoms with Gasteiger partial charge >= 0.3 is 0 Å². The van der Waals surface area contributed by atoms with Crippen molar-refractivity contribution in [1.29, 1.82) is 0 Å². The van der Waals surface area contributed by atoms with Crippen LogP contribution in [0.2, 0.25) is 0 Å². The summed E-state index contributed by atoms with van der Waals surface area (Å²) in [5.74, 6) is 1.36. The fourth-order valence-corrected chi connectivity index (χ4v) is 2.32. The average molecular weight is 282 g/mol. The second-order valence-electron chi connectivity index (χ2n) is 4.53. The Morgan fingerprint density at radius 1 is 1.14 bits per heavy atom. The van der Waals surface area contributed by atoms with Gasteiger partial charge in [-0.15, -0.1) is 0 Å². The molecule has 0 unspecified atom stereocenters. The largest absolute Gasteiger partial charge is 0.496 e. The molecule has 0 atom stereocenters. The molecular weight excluding hydrogens is 268 g/mol. The molecule has 0 aliphatic rings. The number of aldehydes is 1. The Morgan fingerprint density at radius 2 is 1.95 bits per heavy atom. The Bertz CT molecular complexity index is 808. The lowest BCUT2D eigenvalue weighted by Crippen LogP contribution is -1.95. The molecule has 3 aromatic rings. The summed E-state index contributed by atoms with van der Waals surface area (Å²) in [6, 6.07) is 7.18. The van der Waals surface area contributed by atoms with E-state index in [1.807, 2.05) is 22.9 Å². The number of methoxy groups -OCH3 is 2. The first-order valence-corrected chi connectivity index (χ1v) is 6.41. The molecular formula is C16H14N2O3. The smallest absolute Gasteiger partial charge is 0.179 e. The number of aromatic nitrogens is 2. The maximum absolute atomic E-state index is 11.0. The van der Waals surface area contributed by atoms with Crippen molar-refractivity contribution in [3.05, 3.63) is 48.4 Å². The van der Waals surface area contributed by atoms with Gasteiger partial charge in [-0.05, 0) is 24.3 Å². The van der Waals surface area contributed by atoms with Gasteiger partial charge in [0.2, 0.25) is 0 Å². The third-order valence-corrected chi connectivity index (χ3v) is 3.34. The average Bonchev–Trinajstić information content (AvgIpc) is 3.01. The predicted molar refractivity (Wildman–Crippen MR) is 79.1 cm³/mol. The van der Waals surface area contributed by atoms with E-state index in [0.29, 0.717) is 17.1 Å². The van der Waals surface area contributed by atoms with Crippen LogP contribution in [0.25, 0.3) is 16.8 Å². The molecule has 0 fully saturated rings. The van der Waals surface area contributed by atoms with E-state index in [1.54, 1.807) is 38.6 Å². The Balaban J connectivity index is 2.26. The fraction of sp³-hybridized carbons (Fsp3) is 0.125. The first-order valence-electron chi connectivity index (χ1n) is 6.41. The van der Waals surface area contributed by atoms with Gasteiger partial charge in [0.1, 0.15) is 12.0 Å². The molecule has 2 heterocycles. The van der Waals surface area contributed by atoms with Gasteiger partial charge in [-0.1, -0.05) is 0 Å². The number of ether oxygens (including phenoxy) is 2. The van der Waals surface area contributed by atoms with Gasteiger partial charge in [-0.2, -0.15) is 0 Å². The SMILES string of the molecule is COc1ccc(C=O)cc1-c1cc(OC)c2nccn2c1. The summed E-state index contributed by atoms with van der Waals surface area (Å²) in [5, 5.41) is 0. The second kappa shape index (κ2) is 5.28. The van der Waals surface area contributed by atoms with Crippen molar-refractivity contribution in [3.8, 4) is 22.6 Å². The molecule has 0 N–H and O–H groups in total. The topological polar surface area (TPSA) is 52.8 Å². The summed E-state index contributed by atoms with van der Waals surface area (Å²) in [6.07, 6.45) is 6.30. The quantitative estimate of drug-likeness (QED) is 0.690. The molecule has 0 bridgehead atoms. The molecule has 0 saturated carbocycles. The van der Waals surface area contributed by atoms with Crippen molar-refractivity contribution in [1.82, 2.24) is 9.38 Å². The van der Waals surface area contributed by atoms with Gasteiger partial charge in [0, 0.05) is 35.3 Å². The second-order valence-corrected chi connectivity index (χ2v) is 4.53. The number of hydrogen-bond acceptors (Lipinski definition) is 4. The third kappa shape index (κ3) is 2.23. The molecule has 0 saturated heterocycles. The Morgan fingerprint density at radius 3 is 2.67 bits per heavy atom. The first-order chi connectivity index (χ1) is 10.3. The highest BCUT2D eigenvalue weighted by Crippen LogP contribution is 2.33. The van der Waals surface area contributed by atoms with Crippen molar-refractivity contribution < 1.29 is 14.3 Å². The summed E-state index contributed by atoms with van der Waals surface area (Å²) in [6.45, 7) is 0. The zero-order chi connectivity index (χ0) is 14.8. The highest BCUT2D eigenvalue weighted by atomic mass is 16.5. The van der Waals surface area contributed by atoms with Crippen LogP contribution in [0.5, 0.6) is 11.5 Å². The van der Waals surface area contributed by atoms with Gasteiger partial charge in [0.25, 0.3) is 0 Å². The van der Waals surface area contributed by atoms with Crippen molar-refractivity contribution in [3.63, 3.8) is 0 Å². The van der Waals surface area contributed by atoms with Crippen molar-refractivity contribution >= 4 is 11.9 Å². The highest BCUT2D eigenvalue weighted by Gasteiger charge is 2.12. The van der Waals surface area contributed by atoms with Crippen LogP contribution in [0, 0.1) is 0 Å². The van der Waals surface area contributed by atoms with E-state index in [-0.39, 0.29) is 0 Å². The van der Waals surface area contributed by atoms with Crippen LogP contribution in [0.1, 0.15) is 10.4 Å². The summed E-state index contributed by atoms with van der Waals surface area (Å²) in [4.78, 5) is 15.3. The molecule has 5 nitrogen and oxygen atoms in total. The fourth-order valence-electron chi connectivity index (χ4n) is 2.32. The number of imidazole rings is 1. The van der Waals surface area contributed by atoms with Gasteiger partial charge in [-0.3, -0.25) is 4.79 Å². The van der Waals surface area contributed by atoms with Crippen LogP contribution in [0.4, 0.5) is 0 Å². The van der Waals surface area contributed by atoms with Crippen LogP contribution in [-0.4, -0.2) is 29.9 Å². The van der Waals surface area contributed by atoms with Crippen LogP contribution in [0.3, 0.4) is 0 Å². The molecule has 0 aliphatic carbocycles. The van der Waals surface area contributed by atoms with Crippen LogP contribution in [-0.2, 0) is 0 Å². The number of benzene rings is 1. The Hall–Kier alpha value is -2.82.